The molecule has 1 aromatic carbocycles. The minimum atomic E-state index is -1.48. The van der Waals surface area contributed by atoms with Gasteiger partial charge in [-0.25, -0.2) is 9.07 Å². The smallest absolute Gasteiger partial charge is 0.306 e. The third-order valence-electron chi connectivity index (χ3n) is 15.7. The van der Waals surface area contributed by atoms with Gasteiger partial charge in [0, 0.05) is 50.7 Å². The van der Waals surface area contributed by atoms with Crippen molar-refractivity contribution >= 4 is 11.8 Å². The van der Waals surface area contributed by atoms with Crippen molar-refractivity contribution in [2.75, 3.05) is 35.4 Å². The first-order valence-corrected chi connectivity index (χ1v) is 23.8. The Balaban J connectivity index is 1.13. The van der Waals surface area contributed by atoms with Crippen LogP contribution in [0.5, 0.6) is 0 Å². The molecule has 3 aliphatic heterocycles. The van der Waals surface area contributed by atoms with Gasteiger partial charge in [-0.15, -0.1) is 5.10 Å². The van der Waals surface area contributed by atoms with Gasteiger partial charge in [-0.3, -0.25) is 9.59 Å². The Morgan fingerprint density at radius 2 is 1.61 bits per heavy atom. The van der Waals surface area contributed by atoms with Crippen LogP contribution in [-0.4, -0.2) is 141 Å². The van der Waals surface area contributed by atoms with Crippen LogP contribution in [0, 0.1) is 35.5 Å². The van der Waals surface area contributed by atoms with Crippen molar-refractivity contribution in [3.05, 3.63) is 48.2 Å². The lowest BCUT2D eigenvalue weighted by Gasteiger charge is -2.45. The Labute approximate surface area is 378 Å². The average Bonchev–Trinajstić information content (AvgIpc) is 4.03. The zero-order valence-corrected chi connectivity index (χ0v) is 39.1. The molecule has 14 nitrogen and oxygen atoms in total. The van der Waals surface area contributed by atoms with E-state index in [1.165, 1.54) is 0 Å². The molecule has 15 heteroatoms. The van der Waals surface area contributed by atoms with Crippen LogP contribution in [0.3, 0.4) is 0 Å². The van der Waals surface area contributed by atoms with Crippen molar-refractivity contribution < 1.29 is 51.9 Å². The molecule has 64 heavy (non-hydrogen) atoms. The molecular formula is C49H71FN4O10. The first-order valence-electron chi connectivity index (χ1n) is 23.8. The summed E-state index contributed by atoms with van der Waals surface area (Å²) in [5.74, 6) is -3.17. The normalized spacial score (nSPS) is 41.9. The predicted molar refractivity (Wildman–Crippen MR) is 234 cm³/mol. The van der Waals surface area contributed by atoms with E-state index in [0.717, 1.165) is 24.8 Å². The number of rotatable bonds is 11. The van der Waals surface area contributed by atoms with Crippen molar-refractivity contribution in [1.29, 1.82) is 0 Å². The van der Waals surface area contributed by atoms with Crippen LogP contribution in [0.1, 0.15) is 91.5 Å². The van der Waals surface area contributed by atoms with E-state index in [0.29, 0.717) is 43.4 Å². The number of cyclic esters (lactones) is 1. The highest BCUT2D eigenvalue weighted by molar-refractivity contribution is 5.99. The summed E-state index contributed by atoms with van der Waals surface area (Å²) < 4.78 is 70.1. The maximum Gasteiger partial charge on any atom is 0.306 e. The predicted octanol–water partition coefficient (Wildman–Crippen LogP) is 6.77. The van der Waals surface area contributed by atoms with Crippen molar-refractivity contribution in [1.82, 2.24) is 19.9 Å². The van der Waals surface area contributed by atoms with Crippen LogP contribution in [0.4, 0.5) is 4.39 Å². The molecule has 0 amide bonds. The van der Waals surface area contributed by atoms with E-state index < -0.39 is 66.8 Å². The number of methoxy groups -OCH3 is 3. The van der Waals surface area contributed by atoms with E-state index >= 15 is 9.18 Å². The fourth-order valence-electron chi connectivity index (χ4n) is 12.4. The molecule has 0 radical (unpaired) electrons. The van der Waals surface area contributed by atoms with Crippen molar-refractivity contribution in [2.45, 2.75) is 165 Å². The summed E-state index contributed by atoms with van der Waals surface area (Å²) >= 11 is 0. The number of likely N-dealkylation sites (N-methyl/N-ethyl adjacent to an activating group) is 1. The standard InChI is InChI=1S/C49H71FN4O10/c1-10-30-17-14-18-39(64-41-20-19-38(53(5)6)27(3)60-41)26(2)45(56)36-23-33-32-21-31(63-49-48(59-9)47(58-8)46(57-7)28(4)61-49)22-35(32)44(43(50)42(33)34(36)24-40(55)62-30)54-25-37(51-52-54)29-15-12-11-13-16-29/h11-13,15-16,23,25-28,30-35,38-39,41-44,46-49H,10,14,17-22,24H2,1-9H3/t26-,27?,28?,30+,31+,32+,33+,34-,35-,38+,39+,41+,42-,43?,44?,46+,47?,48?,49+/m1/s1. The number of ketones is 1. The van der Waals surface area contributed by atoms with Gasteiger partial charge in [0.15, 0.2) is 18.4 Å². The number of carbonyl (C=O) groups is 2. The number of allylic oxidation sites excluding steroid dienone is 2. The number of carbonyl (C=O) groups excluding carboxylic acids is 2. The molecule has 5 fully saturated rings. The Hall–Kier alpha value is -3.15. The Morgan fingerprint density at radius 1 is 0.875 bits per heavy atom. The molecule has 3 saturated heterocycles. The van der Waals surface area contributed by atoms with Crippen LogP contribution in [-0.2, 0) is 47.5 Å². The molecule has 0 N–H and O–H groups in total. The number of alkyl halides is 1. The van der Waals surface area contributed by atoms with Crippen LogP contribution in [0.2, 0.25) is 0 Å². The van der Waals surface area contributed by atoms with Crippen LogP contribution < -0.4 is 0 Å². The fourth-order valence-corrected chi connectivity index (χ4v) is 12.4. The highest BCUT2D eigenvalue weighted by Gasteiger charge is 2.61. The van der Waals surface area contributed by atoms with Gasteiger partial charge >= 0.3 is 5.97 Å². The van der Waals surface area contributed by atoms with Gasteiger partial charge in [-0.2, -0.15) is 0 Å². The molecule has 4 heterocycles. The lowest BCUT2D eigenvalue weighted by Crippen LogP contribution is -2.59. The lowest BCUT2D eigenvalue weighted by molar-refractivity contribution is -0.314. The molecule has 0 bridgehead atoms. The number of ether oxygens (including phenoxy) is 8. The monoisotopic (exact) mass is 895 g/mol. The first-order chi connectivity index (χ1) is 30.8. The van der Waals surface area contributed by atoms with Crippen LogP contribution >= 0.6 is 0 Å². The van der Waals surface area contributed by atoms with Crippen LogP contribution in [0.15, 0.2) is 48.2 Å². The fraction of sp³-hybridized carbons (Fsp3) is 0.755. The third kappa shape index (κ3) is 9.39. The van der Waals surface area contributed by atoms with Gasteiger partial charge in [0.05, 0.1) is 43.1 Å². The molecule has 1 aromatic heterocycles. The Bertz CT molecular complexity index is 1920. The number of fused-ring (bicyclic) bond motifs is 5. The molecule has 2 aromatic rings. The average molecular weight is 895 g/mol. The van der Waals surface area contributed by atoms with Gasteiger partial charge in [-0.05, 0) is 103 Å². The molecule has 19 atom stereocenters. The number of hydrogen-bond acceptors (Lipinski definition) is 13. The molecular weight excluding hydrogens is 824 g/mol. The summed E-state index contributed by atoms with van der Waals surface area (Å²) in [5, 5.41) is 9.13. The largest absolute Gasteiger partial charge is 0.462 e. The maximum absolute atomic E-state index is 18.3. The van der Waals surface area contributed by atoms with Crippen molar-refractivity contribution in [3.63, 3.8) is 0 Å². The number of Topliss-reactive ketones (excluding diaryl/α,β-unsaturated/α-hetero) is 1. The first kappa shape index (κ1) is 47.3. The molecule has 6 aliphatic rings. The summed E-state index contributed by atoms with van der Waals surface area (Å²) in [7, 11) is 8.98. The van der Waals surface area contributed by atoms with Crippen molar-refractivity contribution in [2.24, 2.45) is 35.5 Å². The van der Waals surface area contributed by atoms with E-state index in [-0.39, 0.29) is 66.5 Å². The summed E-state index contributed by atoms with van der Waals surface area (Å²) in [4.78, 5) is 31.3. The Morgan fingerprint density at radius 3 is 2.30 bits per heavy atom. The molecule has 3 aliphatic carbocycles. The summed E-state index contributed by atoms with van der Waals surface area (Å²) in [6, 6.07) is 9.25. The van der Waals surface area contributed by atoms with E-state index in [1.807, 2.05) is 63.4 Å². The number of benzene rings is 1. The van der Waals surface area contributed by atoms with Gasteiger partial charge in [0.25, 0.3) is 0 Å². The summed E-state index contributed by atoms with van der Waals surface area (Å²) in [6.45, 7) is 7.95. The maximum atomic E-state index is 18.3. The second-order valence-corrected chi connectivity index (χ2v) is 19.5. The van der Waals surface area contributed by atoms with E-state index in [9.17, 15) is 4.79 Å². The minimum absolute atomic E-state index is 0.0348. The number of esters is 1. The SMILES string of the molecule is CC[C@H]1CCC[C@H](O[C@H]2CC[C@H](N(C)C)C(C)O2)[C@@H](C)C(=O)C2=C[C@H]3[C@@H]4C[C@H](O[C@@H]5OC(C)[C@H](OC)C(OC)C5OC)C[C@H]4C(n4cc(-c5ccccc5)nn4)C(F)[C@H]3[C@@H]2CC(=O)O1. The van der Waals surface area contributed by atoms with Gasteiger partial charge in [-0.1, -0.05) is 55.5 Å². The molecule has 0 spiro atoms. The van der Waals surface area contributed by atoms with E-state index in [4.69, 9.17) is 37.9 Å². The number of halogens is 1. The molecule has 2 saturated carbocycles. The van der Waals surface area contributed by atoms with E-state index in [1.54, 1.807) is 26.0 Å². The third-order valence-corrected chi connectivity index (χ3v) is 15.7. The molecule has 8 rings (SSSR count). The van der Waals surface area contributed by atoms with Gasteiger partial charge in [0.2, 0.25) is 0 Å². The summed E-state index contributed by atoms with van der Waals surface area (Å²) in [5.41, 5.74) is 2.01. The second-order valence-electron chi connectivity index (χ2n) is 19.5. The quantitative estimate of drug-likeness (QED) is 0.219. The molecule has 6 unspecified atom stereocenters. The highest BCUT2D eigenvalue weighted by Crippen LogP contribution is 2.61. The van der Waals surface area contributed by atoms with E-state index in [2.05, 4.69) is 36.2 Å². The van der Waals surface area contributed by atoms with Crippen molar-refractivity contribution in [3.8, 4) is 11.3 Å². The topological polar surface area (TPSA) is 142 Å². The van der Waals surface area contributed by atoms with Crippen LogP contribution in [0.25, 0.3) is 11.3 Å². The minimum Gasteiger partial charge on any atom is -0.462 e. The zero-order chi connectivity index (χ0) is 45.4. The number of aromatic nitrogens is 3. The highest BCUT2D eigenvalue weighted by atomic mass is 19.1. The van der Waals surface area contributed by atoms with Gasteiger partial charge in [0.1, 0.15) is 36.3 Å². The second kappa shape index (κ2) is 20.4. The van der Waals surface area contributed by atoms with Gasteiger partial charge < -0.3 is 42.8 Å². The molecule has 354 valence electrons. The Kier molecular flexibility index (Phi) is 15.1. The number of nitrogens with zero attached hydrogens (tertiary/aromatic N) is 4. The number of hydrogen-bond donors (Lipinski definition) is 0. The summed E-state index contributed by atoms with van der Waals surface area (Å²) in [6.07, 6.45) is 3.55. The lowest BCUT2D eigenvalue weighted by atomic mass is 9.63. The zero-order valence-electron chi connectivity index (χ0n) is 39.1.